The lowest BCUT2D eigenvalue weighted by Crippen LogP contribution is -2.37. The summed E-state index contributed by atoms with van der Waals surface area (Å²) in [4.78, 5) is 13.1. The molecular formula is C23H21NO3. The molecule has 1 aliphatic heterocycles. The van der Waals surface area contributed by atoms with Crippen LogP contribution in [0, 0.1) is 0 Å². The smallest absolute Gasteiger partial charge is 0.266 e. The molecule has 0 unspecified atom stereocenters. The second-order valence-electron chi connectivity index (χ2n) is 6.46. The SMILES string of the molecule is O=C(N[C@@H]1CCOc2ccccc21)[C@@H](Oc1ccccc1)c1ccccc1. The molecule has 27 heavy (non-hydrogen) atoms. The number of fused-ring (bicyclic) bond motifs is 1. The van der Waals surface area contributed by atoms with Crippen LogP contribution in [0.5, 0.6) is 11.5 Å². The summed E-state index contributed by atoms with van der Waals surface area (Å²) in [5.74, 6) is 1.33. The minimum Gasteiger partial charge on any atom is -0.493 e. The minimum absolute atomic E-state index is 0.0898. The quantitative estimate of drug-likeness (QED) is 0.732. The summed E-state index contributed by atoms with van der Waals surface area (Å²) in [5.41, 5.74) is 1.82. The highest BCUT2D eigenvalue weighted by Crippen LogP contribution is 2.32. The Bertz CT molecular complexity index is 896. The van der Waals surface area contributed by atoms with Gasteiger partial charge in [0.05, 0.1) is 12.6 Å². The van der Waals surface area contributed by atoms with Crippen molar-refractivity contribution < 1.29 is 14.3 Å². The Labute approximate surface area is 158 Å². The summed E-state index contributed by atoms with van der Waals surface area (Å²) >= 11 is 0. The van der Waals surface area contributed by atoms with Gasteiger partial charge in [-0.25, -0.2) is 0 Å². The van der Waals surface area contributed by atoms with E-state index < -0.39 is 6.10 Å². The average Bonchev–Trinajstić information content (AvgIpc) is 2.73. The van der Waals surface area contributed by atoms with Crippen molar-refractivity contribution in [3.05, 3.63) is 96.1 Å². The van der Waals surface area contributed by atoms with Crippen LogP contribution in [0.15, 0.2) is 84.9 Å². The average molecular weight is 359 g/mol. The zero-order valence-electron chi connectivity index (χ0n) is 14.9. The van der Waals surface area contributed by atoms with E-state index in [9.17, 15) is 4.79 Å². The first-order valence-corrected chi connectivity index (χ1v) is 9.10. The highest BCUT2D eigenvalue weighted by Gasteiger charge is 2.28. The first-order chi connectivity index (χ1) is 13.3. The van der Waals surface area contributed by atoms with Crippen LogP contribution in [0.3, 0.4) is 0 Å². The predicted molar refractivity (Wildman–Crippen MR) is 104 cm³/mol. The maximum absolute atomic E-state index is 13.1. The Morgan fingerprint density at radius 2 is 1.59 bits per heavy atom. The van der Waals surface area contributed by atoms with Gasteiger partial charge in [-0.05, 0) is 18.2 Å². The van der Waals surface area contributed by atoms with E-state index in [-0.39, 0.29) is 11.9 Å². The monoisotopic (exact) mass is 359 g/mol. The number of ether oxygens (including phenoxy) is 2. The maximum atomic E-state index is 13.1. The molecule has 4 rings (SSSR count). The Morgan fingerprint density at radius 1 is 0.926 bits per heavy atom. The van der Waals surface area contributed by atoms with Crippen molar-refractivity contribution in [2.45, 2.75) is 18.6 Å². The molecule has 0 saturated carbocycles. The lowest BCUT2D eigenvalue weighted by Gasteiger charge is -2.28. The fraction of sp³-hybridized carbons (Fsp3) is 0.174. The van der Waals surface area contributed by atoms with Crippen LogP contribution in [0.4, 0.5) is 0 Å². The Hall–Kier alpha value is -3.27. The van der Waals surface area contributed by atoms with Crippen LogP contribution in [-0.4, -0.2) is 12.5 Å². The number of benzene rings is 3. The van der Waals surface area contributed by atoms with Crippen molar-refractivity contribution in [1.82, 2.24) is 5.32 Å². The minimum atomic E-state index is -0.719. The fourth-order valence-corrected chi connectivity index (χ4v) is 3.28. The van der Waals surface area contributed by atoms with Gasteiger partial charge in [0.1, 0.15) is 11.5 Å². The molecule has 0 aliphatic carbocycles. The lowest BCUT2D eigenvalue weighted by atomic mass is 9.99. The summed E-state index contributed by atoms with van der Waals surface area (Å²) < 4.78 is 11.7. The van der Waals surface area contributed by atoms with Gasteiger partial charge in [-0.15, -0.1) is 0 Å². The third kappa shape index (κ3) is 3.95. The number of amides is 1. The van der Waals surface area contributed by atoms with E-state index in [1.165, 1.54) is 0 Å². The van der Waals surface area contributed by atoms with Gasteiger partial charge in [0.15, 0.2) is 0 Å². The van der Waals surface area contributed by atoms with Crippen molar-refractivity contribution in [3.63, 3.8) is 0 Å². The maximum Gasteiger partial charge on any atom is 0.266 e. The van der Waals surface area contributed by atoms with Crippen molar-refractivity contribution in [2.24, 2.45) is 0 Å². The molecule has 3 aromatic carbocycles. The van der Waals surface area contributed by atoms with Gasteiger partial charge in [-0.2, -0.15) is 0 Å². The van der Waals surface area contributed by atoms with Crippen molar-refractivity contribution in [2.75, 3.05) is 6.61 Å². The predicted octanol–water partition coefficient (Wildman–Crippen LogP) is 4.45. The molecule has 0 radical (unpaired) electrons. The molecule has 4 heteroatoms. The standard InChI is InChI=1S/C23H21NO3/c25-23(24-20-15-16-26-21-14-8-7-13-19(20)21)22(17-9-3-1-4-10-17)27-18-11-5-2-6-12-18/h1-14,20,22H,15-16H2,(H,24,25)/t20-,22+/m1/s1. The largest absolute Gasteiger partial charge is 0.493 e. The molecule has 0 bridgehead atoms. The molecule has 2 atom stereocenters. The summed E-state index contributed by atoms with van der Waals surface area (Å²) in [7, 11) is 0. The molecule has 136 valence electrons. The van der Waals surface area contributed by atoms with Gasteiger partial charge in [-0.3, -0.25) is 4.79 Å². The molecule has 0 saturated heterocycles. The molecule has 0 aromatic heterocycles. The molecule has 1 aliphatic rings. The molecule has 4 nitrogen and oxygen atoms in total. The number of rotatable bonds is 5. The van der Waals surface area contributed by atoms with Crippen LogP contribution >= 0.6 is 0 Å². The second kappa shape index (κ2) is 7.96. The van der Waals surface area contributed by atoms with Crippen molar-refractivity contribution in [3.8, 4) is 11.5 Å². The van der Waals surface area contributed by atoms with Gasteiger partial charge < -0.3 is 14.8 Å². The number of hydrogen-bond acceptors (Lipinski definition) is 3. The molecule has 1 N–H and O–H groups in total. The topological polar surface area (TPSA) is 47.6 Å². The van der Waals surface area contributed by atoms with E-state index in [2.05, 4.69) is 5.32 Å². The molecule has 0 spiro atoms. The van der Waals surface area contributed by atoms with Gasteiger partial charge in [0.2, 0.25) is 6.10 Å². The highest BCUT2D eigenvalue weighted by atomic mass is 16.5. The van der Waals surface area contributed by atoms with Gasteiger partial charge >= 0.3 is 0 Å². The third-order valence-corrected chi connectivity index (χ3v) is 4.61. The Morgan fingerprint density at radius 3 is 2.37 bits per heavy atom. The lowest BCUT2D eigenvalue weighted by molar-refractivity contribution is -0.129. The summed E-state index contributed by atoms with van der Waals surface area (Å²) in [5, 5.41) is 3.15. The van der Waals surface area contributed by atoms with E-state index >= 15 is 0 Å². The Kier molecular flexibility index (Phi) is 5.06. The van der Waals surface area contributed by atoms with Crippen LogP contribution < -0.4 is 14.8 Å². The molecule has 3 aromatic rings. The zero-order chi connectivity index (χ0) is 18.5. The second-order valence-corrected chi connectivity index (χ2v) is 6.46. The van der Waals surface area contributed by atoms with E-state index in [1.807, 2.05) is 84.9 Å². The first kappa shape index (κ1) is 17.2. The van der Waals surface area contributed by atoms with E-state index in [0.29, 0.717) is 12.4 Å². The third-order valence-electron chi connectivity index (χ3n) is 4.61. The van der Waals surface area contributed by atoms with Gasteiger partial charge in [0.25, 0.3) is 5.91 Å². The van der Waals surface area contributed by atoms with Gasteiger partial charge in [-0.1, -0.05) is 66.7 Å². The van der Waals surface area contributed by atoms with Crippen LogP contribution in [0.1, 0.15) is 29.7 Å². The number of carbonyl (C=O) groups is 1. The normalized spacial score (nSPS) is 16.5. The molecule has 0 fully saturated rings. The zero-order valence-corrected chi connectivity index (χ0v) is 14.9. The van der Waals surface area contributed by atoms with Gasteiger partial charge in [0, 0.05) is 17.5 Å². The van der Waals surface area contributed by atoms with Crippen LogP contribution in [0.2, 0.25) is 0 Å². The highest BCUT2D eigenvalue weighted by molar-refractivity contribution is 5.83. The Balaban J connectivity index is 1.58. The van der Waals surface area contributed by atoms with Crippen LogP contribution in [0.25, 0.3) is 0 Å². The van der Waals surface area contributed by atoms with E-state index in [1.54, 1.807) is 0 Å². The molecule has 1 heterocycles. The molecule has 1 amide bonds. The summed E-state index contributed by atoms with van der Waals surface area (Å²) in [6.45, 7) is 0.581. The van der Waals surface area contributed by atoms with Crippen LogP contribution in [-0.2, 0) is 4.79 Å². The van der Waals surface area contributed by atoms with E-state index in [0.717, 1.165) is 23.3 Å². The summed E-state index contributed by atoms with van der Waals surface area (Å²) in [6, 6.07) is 26.7. The van der Waals surface area contributed by atoms with Crippen molar-refractivity contribution >= 4 is 5.91 Å². The summed E-state index contributed by atoms with van der Waals surface area (Å²) in [6.07, 6.45) is 0.0129. The number of nitrogens with one attached hydrogen (secondary N) is 1. The first-order valence-electron chi connectivity index (χ1n) is 9.10. The van der Waals surface area contributed by atoms with Crippen molar-refractivity contribution in [1.29, 1.82) is 0 Å². The fourth-order valence-electron chi connectivity index (χ4n) is 3.28. The number of carbonyl (C=O) groups excluding carboxylic acids is 1. The number of hydrogen-bond donors (Lipinski definition) is 1. The number of para-hydroxylation sites is 2. The van der Waals surface area contributed by atoms with E-state index in [4.69, 9.17) is 9.47 Å². The molecular weight excluding hydrogens is 338 g/mol.